The average Bonchev–Trinajstić information content (AvgIpc) is 3.34. The number of carbonyl (C=O) groups is 1. The van der Waals surface area contributed by atoms with Crippen LogP contribution in [0.25, 0.3) is 0 Å². The maximum atomic E-state index is 12.1. The van der Waals surface area contributed by atoms with Crippen molar-refractivity contribution in [2.45, 2.75) is 103 Å². The molecule has 1 spiro atoms. The second-order valence-corrected chi connectivity index (χ2v) is 17.5. The summed E-state index contributed by atoms with van der Waals surface area (Å²) in [5.74, 6) is 0.844. The molecule has 218 valence electrons. The number of nitrogens with one attached hydrogen (secondary N) is 1. The molecule has 2 aromatic carbocycles. The van der Waals surface area contributed by atoms with Crippen LogP contribution in [0.4, 0.5) is 0 Å². The highest BCUT2D eigenvalue weighted by Crippen LogP contribution is 2.47. The summed E-state index contributed by atoms with van der Waals surface area (Å²) >= 11 is 0. The van der Waals surface area contributed by atoms with Gasteiger partial charge in [0.2, 0.25) is 0 Å². The zero-order valence-corrected chi connectivity index (χ0v) is 26.7. The van der Waals surface area contributed by atoms with Gasteiger partial charge in [-0.25, -0.2) is 4.79 Å². The Morgan fingerprint density at radius 1 is 1.02 bits per heavy atom. The molecule has 0 amide bonds. The Bertz CT molecular complexity index is 1090. The van der Waals surface area contributed by atoms with E-state index in [4.69, 9.17) is 9.16 Å². The standard InChI is InChI=1S/C35H51NO3Si/c1-7-38-33(37)27(2)22-23-29-16-14-24-35(36-29)25-15-21-32(35)28(3)26-39-40(34(4,5)6,30-17-10-8-11-18-30)31-19-12-9-13-20-31/h8-13,17-20,22,28-29,32,36H,7,14-16,21,23-26H2,1-6H3/b27-22+/t28-,29+,32+,35+/m0/s1. The van der Waals surface area contributed by atoms with Crippen molar-refractivity contribution in [1.29, 1.82) is 0 Å². The van der Waals surface area contributed by atoms with Crippen LogP contribution >= 0.6 is 0 Å². The van der Waals surface area contributed by atoms with Crippen molar-refractivity contribution < 1.29 is 14.0 Å². The highest BCUT2D eigenvalue weighted by atomic mass is 28.4. The molecular weight excluding hydrogens is 510 g/mol. The van der Waals surface area contributed by atoms with E-state index in [2.05, 4.69) is 99.8 Å². The van der Waals surface area contributed by atoms with Gasteiger partial charge in [-0.05, 0) is 73.2 Å². The van der Waals surface area contributed by atoms with Crippen LogP contribution < -0.4 is 15.7 Å². The molecule has 1 heterocycles. The molecule has 2 aromatic rings. The summed E-state index contributed by atoms with van der Waals surface area (Å²) in [5, 5.41) is 6.82. The van der Waals surface area contributed by atoms with E-state index in [0.29, 0.717) is 24.5 Å². The molecular formula is C35H51NO3Si. The Kier molecular flexibility index (Phi) is 10.1. The van der Waals surface area contributed by atoms with E-state index in [0.717, 1.165) is 25.0 Å². The first-order valence-electron chi connectivity index (χ1n) is 15.5. The zero-order valence-electron chi connectivity index (χ0n) is 25.7. The molecule has 0 unspecified atom stereocenters. The summed E-state index contributed by atoms with van der Waals surface area (Å²) in [4.78, 5) is 12.1. The summed E-state index contributed by atoms with van der Waals surface area (Å²) in [6, 6.07) is 22.4. The van der Waals surface area contributed by atoms with Gasteiger partial charge in [0.15, 0.2) is 0 Å². The van der Waals surface area contributed by atoms with Crippen LogP contribution in [0, 0.1) is 11.8 Å². The first kappa shape index (κ1) is 30.7. The molecule has 0 radical (unpaired) electrons. The number of hydrogen-bond donors (Lipinski definition) is 1. The SMILES string of the molecule is CCOC(=O)/C(C)=C/C[C@H]1CCC[C@]2(CCC[C@@H]2[C@@H](C)CO[Si](c2ccccc2)(c2ccccc2)C(C)(C)C)N1. The topological polar surface area (TPSA) is 47.6 Å². The molecule has 40 heavy (non-hydrogen) atoms. The largest absolute Gasteiger partial charge is 0.463 e. The number of esters is 1. The molecule has 1 aliphatic carbocycles. The van der Waals surface area contributed by atoms with Crippen LogP contribution in [0.5, 0.6) is 0 Å². The molecule has 2 fully saturated rings. The molecule has 4 atom stereocenters. The molecule has 1 aliphatic heterocycles. The van der Waals surface area contributed by atoms with Crippen molar-refractivity contribution in [1.82, 2.24) is 5.32 Å². The highest BCUT2D eigenvalue weighted by molar-refractivity contribution is 6.99. The fourth-order valence-corrected chi connectivity index (χ4v) is 12.3. The van der Waals surface area contributed by atoms with Gasteiger partial charge in [-0.3, -0.25) is 0 Å². The van der Waals surface area contributed by atoms with Gasteiger partial charge in [0.05, 0.1) is 6.61 Å². The molecule has 1 N–H and O–H groups in total. The number of ether oxygens (including phenoxy) is 1. The summed E-state index contributed by atoms with van der Waals surface area (Å²) in [7, 11) is -2.55. The summed E-state index contributed by atoms with van der Waals surface area (Å²) < 4.78 is 12.6. The average molecular weight is 562 g/mol. The second-order valence-electron chi connectivity index (χ2n) is 13.2. The highest BCUT2D eigenvalue weighted by Gasteiger charge is 2.52. The van der Waals surface area contributed by atoms with Gasteiger partial charge in [0.25, 0.3) is 8.32 Å². The number of piperidine rings is 1. The van der Waals surface area contributed by atoms with Crippen molar-refractivity contribution in [3.05, 3.63) is 72.3 Å². The van der Waals surface area contributed by atoms with E-state index in [1.54, 1.807) is 0 Å². The maximum absolute atomic E-state index is 12.1. The fourth-order valence-electron chi connectivity index (χ4n) is 7.59. The van der Waals surface area contributed by atoms with Crippen LogP contribution in [-0.4, -0.2) is 39.1 Å². The van der Waals surface area contributed by atoms with Crippen LogP contribution in [0.1, 0.15) is 86.5 Å². The summed E-state index contributed by atoms with van der Waals surface area (Å²) in [5.41, 5.74) is 0.890. The Morgan fingerprint density at radius 3 is 2.15 bits per heavy atom. The monoisotopic (exact) mass is 561 g/mol. The Balaban J connectivity index is 1.54. The second kappa shape index (κ2) is 13.2. The predicted molar refractivity (Wildman–Crippen MR) is 169 cm³/mol. The molecule has 4 rings (SSSR count). The summed E-state index contributed by atoms with van der Waals surface area (Å²) in [6.07, 6.45) is 10.3. The minimum absolute atomic E-state index is 0.0138. The molecule has 1 saturated heterocycles. The molecule has 0 bridgehead atoms. The molecule has 5 heteroatoms. The third-order valence-electron chi connectivity index (χ3n) is 9.49. The van der Waals surface area contributed by atoms with Crippen molar-refractivity contribution >= 4 is 24.7 Å². The van der Waals surface area contributed by atoms with Crippen LogP contribution in [0.3, 0.4) is 0 Å². The van der Waals surface area contributed by atoms with Gasteiger partial charge >= 0.3 is 5.97 Å². The van der Waals surface area contributed by atoms with E-state index >= 15 is 0 Å². The first-order valence-corrected chi connectivity index (χ1v) is 17.4. The van der Waals surface area contributed by atoms with Gasteiger partial charge in [0.1, 0.15) is 0 Å². The van der Waals surface area contributed by atoms with Crippen LogP contribution in [-0.2, 0) is 14.0 Å². The number of carbonyl (C=O) groups excluding carboxylic acids is 1. The zero-order chi connectivity index (χ0) is 28.8. The molecule has 1 saturated carbocycles. The minimum atomic E-state index is -2.55. The van der Waals surface area contributed by atoms with Gasteiger partial charge in [0, 0.05) is 23.8 Å². The lowest BCUT2D eigenvalue weighted by Gasteiger charge is -2.47. The van der Waals surface area contributed by atoms with Gasteiger partial charge in [-0.1, -0.05) is 107 Å². The smallest absolute Gasteiger partial charge is 0.333 e. The molecule has 2 aliphatic rings. The lowest BCUT2D eigenvalue weighted by atomic mass is 9.73. The van der Waals surface area contributed by atoms with E-state index in [-0.39, 0.29) is 16.5 Å². The Hall–Kier alpha value is -2.21. The first-order chi connectivity index (χ1) is 19.1. The van der Waals surface area contributed by atoms with E-state index in [1.807, 2.05) is 13.8 Å². The van der Waals surface area contributed by atoms with Crippen molar-refractivity contribution in [3.8, 4) is 0 Å². The predicted octanol–water partition coefficient (Wildman–Crippen LogP) is 6.78. The third-order valence-corrected chi connectivity index (χ3v) is 14.5. The number of benzene rings is 2. The lowest BCUT2D eigenvalue weighted by Crippen LogP contribution is -2.67. The number of hydrogen-bond acceptors (Lipinski definition) is 4. The Morgan fingerprint density at radius 2 is 1.60 bits per heavy atom. The fraction of sp³-hybridized carbons (Fsp3) is 0.571. The Labute approximate surface area is 244 Å². The van der Waals surface area contributed by atoms with Crippen LogP contribution in [0.2, 0.25) is 5.04 Å². The maximum Gasteiger partial charge on any atom is 0.333 e. The van der Waals surface area contributed by atoms with Crippen molar-refractivity contribution in [2.24, 2.45) is 11.8 Å². The molecule has 0 aromatic heterocycles. The van der Waals surface area contributed by atoms with Gasteiger partial charge < -0.3 is 14.5 Å². The van der Waals surface area contributed by atoms with Gasteiger partial charge in [-0.15, -0.1) is 0 Å². The van der Waals surface area contributed by atoms with Gasteiger partial charge in [-0.2, -0.15) is 0 Å². The van der Waals surface area contributed by atoms with Crippen molar-refractivity contribution in [2.75, 3.05) is 13.2 Å². The normalized spacial score (nSPS) is 24.7. The quantitative estimate of drug-likeness (QED) is 0.197. The van der Waals surface area contributed by atoms with E-state index in [1.165, 1.54) is 42.5 Å². The van der Waals surface area contributed by atoms with Crippen LogP contribution in [0.15, 0.2) is 72.3 Å². The van der Waals surface area contributed by atoms with E-state index in [9.17, 15) is 4.79 Å². The lowest BCUT2D eigenvalue weighted by molar-refractivity contribution is -0.138. The van der Waals surface area contributed by atoms with E-state index < -0.39 is 8.32 Å². The molecule has 4 nitrogen and oxygen atoms in total. The summed E-state index contributed by atoms with van der Waals surface area (Å²) in [6.45, 7) is 14.4. The third kappa shape index (κ3) is 6.47. The van der Waals surface area contributed by atoms with Crippen molar-refractivity contribution in [3.63, 3.8) is 0 Å². The minimum Gasteiger partial charge on any atom is -0.463 e. The number of rotatable bonds is 10.